The molecule has 0 unspecified atom stereocenters. The highest BCUT2D eigenvalue weighted by Crippen LogP contribution is 2.60. The van der Waals surface area contributed by atoms with Gasteiger partial charge in [-0.2, -0.15) is 0 Å². The van der Waals surface area contributed by atoms with Crippen LogP contribution in [0.3, 0.4) is 0 Å². The van der Waals surface area contributed by atoms with E-state index >= 15 is 0 Å². The Kier molecular flexibility index (Phi) is 4.58. The van der Waals surface area contributed by atoms with Gasteiger partial charge in [-0.15, -0.1) is 11.3 Å². The summed E-state index contributed by atoms with van der Waals surface area (Å²) >= 11 is 1.43. The quantitative estimate of drug-likeness (QED) is 0.732. The molecule has 0 aliphatic heterocycles. The summed E-state index contributed by atoms with van der Waals surface area (Å²) in [6.45, 7) is 4.64. The molecule has 6 heteroatoms. The van der Waals surface area contributed by atoms with Crippen LogP contribution >= 0.6 is 11.3 Å². The van der Waals surface area contributed by atoms with Gasteiger partial charge in [0.05, 0.1) is 19.1 Å². The second-order valence-electron chi connectivity index (χ2n) is 8.84. The summed E-state index contributed by atoms with van der Waals surface area (Å²) in [6, 6.07) is 0.126. The van der Waals surface area contributed by atoms with Crippen molar-refractivity contribution in [2.24, 2.45) is 23.2 Å². The molecule has 4 aliphatic rings. The van der Waals surface area contributed by atoms with E-state index in [2.05, 4.69) is 18.8 Å². The van der Waals surface area contributed by atoms with Crippen molar-refractivity contribution in [2.75, 3.05) is 7.11 Å². The molecule has 26 heavy (non-hydrogen) atoms. The average Bonchev–Trinajstić information content (AvgIpc) is 3.05. The molecule has 0 aromatic carbocycles. The number of amides is 1. The van der Waals surface area contributed by atoms with Crippen LogP contribution in [0, 0.1) is 23.2 Å². The maximum absolute atomic E-state index is 13.7. The first-order chi connectivity index (χ1) is 12.4. The largest absolute Gasteiger partial charge is 0.464 e. The highest BCUT2D eigenvalue weighted by molar-refractivity contribution is 7.09. The van der Waals surface area contributed by atoms with Crippen LogP contribution in [0.2, 0.25) is 0 Å². The number of carbonyl (C=O) groups is 2. The van der Waals surface area contributed by atoms with Crippen molar-refractivity contribution in [3.8, 4) is 0 Å². The molecule has 0 atom stereocenters. The van der Waals surface area contributed by atoms with E-state index in [0.29, 0.717) is 18.1 Å². The Morgan fingerprint density at radius 2 is 1.81 bits per heavy atom. The lowest BCUT2D eigenvalue weighted by molar-refractivity contribution is -0.160. The molecular formula is C20H28N2O3S. The van der Waals surface area contributed by atoms with Gasteiger partial charge in [0.25, 0.3) is 0 Å². The van der Waals surface area contributed by atoms with Crippen molar-refractivity contribution >= 4 is 23.2 Å². The molecule has 4 bridgehead atoms. The van der Waals surface area contributed by atoms with E-state index in [1.165, 1.54) is 37.7 Å². The summed E-state index contributed by atoms with van der Waals surface area (Å²) in [7, 11) is 1.36. The minimum absolute atomic E-state index is 0.126. The molecule has 4 saturated carbocycles. The highest BCUT2D eigenvalue weighted by atomic mass is 32.1. The number of esters is 1. The van der Waals surface area contributed by atoms with E-state index in [1.807, 2.05) is 4.90 Å². The molecule has 1 amide bonds. The van der Waals surface area contributed by atoms with Gasteiger partial charge in [-0.1, -0.05) is 0 Å². The Labute approximate surface area is 159 Å². The van der Waals surface area contributed by atoms with E-state index in [-0.39, 0.29) is 11.5 Å². The third-order valence-electron chi connectivity index (χ3n) is 6.63. The standard InChI is InChI=1S/C20H28N2O3S/c1-12(2)22(10-17-21-16(11-26-17)18(23)25-3)19(24)20-7-13-4-14(8-20)6-15(5-13)9-20/h11-15H,4-10H2,1-3H3. The van der Waals surface area contributed by atoms with Gasteiger partial charge in [-0.25, -0.2) is 9.78 Å². The SMILES string of the molecule is COC(=O)c1csc(CN(C(=O)C23CC4CC(CC(C4)C2)C3)C(C)C)n1. The fourth-order valence-electron chi connectivity index (χ4n) is 5.89. The number of hydrogen-bond acceptors (Lipinski definition) is 5. The smallest absolute Gasteiger partial charge is 0.357 e. The van der Waals surface area contributed by atoms with Gasteiger partial charge >= 0.3 is 5.97 Å². The fourth-order valence-corrected chi connectivity index (χ4v) is 6.65. The summed E-state index contributed by atoms with van der Waals surface area (Å²) in [6.07, 6.45) is 7.24. The number of ether oxygens (including phenoxy) is 1. The Bertz CT molecular complexity index is 676. The number of rotatable bonds is 5. The van der Waals surface area contributed by atoms with E-state index < -0.39 is 5.97 Å². The first-order valence-electron chi connectivity index (χ1n) is 9.74. The van der Waals surface area contributed by atoms with Crippen molar-refractivity contribution in [1.82, 2.24) is 9.88 Å². The molecule has 0 radical (unpaired) electrons. The maximum atomic E-state index is 13.7. The second-order valence-corrected chi connectivity index (χ2v) is 9.79. The summed E-state index contributed by atoms with van der Waals surface area (Å²) in [5.74, 6) is 2.16. The molecule has 1 aromatic heterocycles. The summed E-state index contributed by atoms with van der Waals surface area (Å²) in [5, 5.41) is 2.52. The van der Waals surface area contributed by atoms with Crippen molar-refractivity contribution in [2.45, 2.75) is 65.0 Å². The van der Waals surface area contributed by atoms with Gasteiger partial charge in [0.15, 0.2) is 5.69 Å². The van der Waals surface area contributed by atoms with Gasteiger partial charge in [-0.3, -0.25) is 4.79 Å². The van der Waals surface area contributed by atoms with Gasteiger partial charge < -0.3 is 9.64 Å². The minimum Gasteiger partial charge on any atom is -0.464 e. The number of aromatic nitrogens is 1. The Balaban J connectivity index is 1.54. The van der Waals surface area contributed by atoms with Crippen molar-refractivity contribution in [1.29, 1.82) is 0 Å². The van der Waals surface area contributed by atoms with Crippen LogP contribution in [0.1, 0.15) is 67.9 Å². The number of methoxy groups -OCH3 is 1. The molecule has 1 heterocycles. The zero-order valence-electron chi connectivity index (χ0n) is 15.9. The second kappa shape index (κ2) is 6.63. The third kappa shape index (κ3) is 3.06. The molecule has 142 valence electrons. The molecule has 0 saturated heterocycles. The number of thiazole rings is 1. The highest BCUT2D eigenvalue weighted by Gasteiger charge is 2.55. The zero-order valence-corrected chi connectivity index (χ0v) is 16.7. The third-order valence-corrected chi connectivity index (χ3v) is 7.46. The zero-order chi connectivity index (χ0) is 18.5. The lowest BCUT2D eigenvalue weighted by Crippen LogP contribution is -2.55. The molecule has 5 nitrogen and oxygen atoms in total. The number of nitrogens with zero attached hydrogens (tertiary/aromatic N) is 2. The van der Waals surface area contributed by atoms with Crippen LogP contribution in [-0.2, 0) is 16.1 Å². The molecular weight excluding hydrogens is 348 g/mol. The van der Waals surface area contributed by atoms with Crippen molar-refractivity contribution in [3.05, 3.63) is 16.1 Å². The van der Waals surface area contributed by atoms with Gasteiger partial charge in [0.2, 0.25) is 5.91 Å². The lowest BCUT2D eigenvalue weighted by Gasteiger charge is -2.56. The summed E-state index contributed by atoms with van der Waals surface area (Å²) in [5.41, 5.74) is 0.194. The Morgan fingerprint density at radius 1 is 1.23 bits per heavy atom. The predicted octanol–water partition coefficient (Wildman–Crippen LogP) is 3.88. The first kappa shape index (κ1) is 18.0. The van der Waals surface area contributed by atoms with Gasteiger partial charge in [-0.05, 0) is 70.1 Å². The van der Waals surface area contributed by atoms with E-state index in [0.717, 1.165) is 42.0 Å². The maximum Gasteiger partial charge on any atom is 0.357 e. The van der Waals surface area contributed by atoms with Crippen LogP contribution in [-0.4, -0.2) is 34.9 Å². The molecule has 4 fully saturated rings. The summed E-state index contributed by atoms with van der Waals surface area (Å²) in [4.78, 5) is 31.7. The first-order valence-corrected chi connectivity index (χ1v) is 10.6. The molecule has 4 aliphatic carbocycles. The molecule has 5 rings (SSSR count). The van der Waals surface area contributed by atoms with Gasteiger partial charge in [0, 0.05) is 11.4 Å². The van der Waals surface area contributed by atoms with E-state index in [9.17, 15) is 9.59 Å². The van der Waals surface area contributed by atoms with Crippen LogP contribution in [0.4, 0.5) is 0 Å². The number of carbonyl (C=O) groups excluding carboxylic acids is 2. The Morgan fingerprint density at radius 3 is 2.31 bits per heavy atom. The molecule has 0 spiro atoms. The summed E-state index contributed by atoms with van der Waals surface area (Å²) < 4.78 is 4.74. The van der Waals surface area contributed by atoms with Crippen LogP contribution < -0.4 is 0 Å². The van der Waals surface area contributed by atoms with Gasteiger partial charge in [0.1, 0.15) is 5.01 Å². The van der Waals surface area contributed by atoms with Crippen molar-refractivity contribution < 1.29 is 14.3 Å². The lowest BCUT2D eigenvalue weighted by atomic mass is 9.49. The fraction of sp³-hybridized carbons (Fsp3) is 0.750. The van der Waals surface area contributed by atoms with Crippen LogP contribution in [0.5, 0.6) is 0 Å². The number of hydrogen-bond donors (Lipinski definition) is 0. The predicted molar refractivity (Wildman–Crippen MR) is 99.7 cm³/mol. The normalized spacial score (nSPS) is 32.1. The van der Waals surface area contributed by atoms with E-state index in [1.54, 1.807) is 5.38 Å². The van der Waals surface area contributed by atoms with E-state index in [4.69, 9.17) is 4.74 Å². The van der Waals surface area contributed by atoms with Crippen LogP contribution in [0.15, 0.2) is 5.38 Å². The minimum atomic E-state index is -0.420. The topological polar surface area (TPSA) is 59.5 Å². The monoisotopic (exact) mass is 376 g/mol. The Hall–Kier alpha value is -1.43. The molecule has 1 aromatic rings. The van der Waals surface area contributed by atoms with Crippen LogP contribution in [0.25, 0.3) is 0 Å². The molecule has 0 N–H and O–H groups in total. The average molecular weight is 377 g/mol. The van der Waals surface area contributed by atoms with Crippen molar-refractivity contribution in [3.63, 3.8) is 0 Å².